The average molecular weight is 284 g/mol. The van der Waals surface area contributed by atoms with Crippen molar-refractivity contribution >= 4 is 5.91 Å². The highest BCUT2D eigenvalue weighted by atomic mass is 16.2. The zero-order valence-electron chi connectivity index (χ0n) is 12.4. The minimum Gasteiger partial charge on any atom is -0.341 e. The predicted octanol–water partition coefficient (Wildman–Crippen LogP) is 1.82. The van der Waals surface area contributed by atoms with Crippen molar-refractivity contribution in [1.82, 2.24) is 20.2 Å². The maximum Gasteiger partial charge on any atom is 0.274 e. The van der Waals surface area contributed by atoms with Gasteiger partial charge in [0.2, 0.25) is 0 Å². The second kappa shape index (κ2) is 5.69. The summed E-state index contributed by atoms with van der Waals surface area (Å²) >= 11 is 0. The molecule has 1 aliphatic rings. The number of hydrogen-bond donors (Lipinski definition) is 2. The summed E-state index contributed by atoms with van der Waals surface area (Å²) in [6.45, 7) is 6.36. The molecule has 3 rings (SSSR count). The Kier molecular flexibility index (Phi) is 3.75. The van der Waals surface area contributed by atoms with E-state index >= 15 is 0 Å². The molecular weight excluding hydrogens is 264 g/mol. The molecule has 1 aromatic heterocycles. The lowest BCUT2D eigenvalue weighted by Gasteiger charge is -2.33. The van der Waals surface area contributed by atoms with Crippen LogP contribution in [0.5, 0.6) is 0 Å². The molecule has 2 heterocycles. The van der Waals surface area contributed by atoms with Crippen LogP contribution in [0.2, 0.25) is 0 Å². The highest BCUT2D eigenvalue weighted by Crippen LogP contribution is 2.19. The average Bonchev–Trinajstić information content (AvgIpc) is 2.90. The van der Waals surface area contributed by atoms with Crippen molar-refractivity contribution in [1.29, 1.82) is 0 Å². The fourth-order valence-corrected chi connectivity index (χ4v) is 2.68. The molecule has 1 aliphatic heterocycles. The summed E-state index contributed by atoms with van der Waals surface area (Å²) in [7, 11) is 0. The molecule has 0 bridgehead atoms. The Morgan fingerprint density at radius 2 is 2.10 bits per heavy atom. The maximum atomic E-state index is 12.7. The highest BCUT2D eigenvalue weighted by molar-refractivity contribution is 5.94. The van der Waals surface area contributed by atoms with E-state index in [1.807, 2.05) is 42.2 Å². The van der Waals surface area contributed by atoms with Gasteiger partial charge in [0.1, 0.15) is 11.5 Å². The number of nitrogens with one attached hydrogen (secondary N) is 2. The number of rotatable bonds is 2. The minimum absolute atomic E-state index is 0.0138. The van der Waals surface area contributed by atoms with Crippen LogP contribution in [-0.2, 0) is 0 Å². The van der Waals surface area contributed by atoms with Crippen LogP contribution in [0, 0.1) is 6.92 Å². The van der Waals surface area contributed by atoms with Gasteiger partial charge in [0, 0.05) is 36.9 Å². The van der Waals surface area contributed by atoms with Gasteiger partial charge in [-0.2, -0.15) is 0 Å². The van der Waals surface area contributed by atoms with Gasteiger partial charge in [0.25, 0.3) is 5.91 Å². The quantitative estimate of drug-likeness (QED) is 0.884. The number of imidazole rings is 1. The molecule has 0 spiro atoms. The van der Waals surface area contributed by atoms with Crippen LogP contribution in [0.3, 0.4) is 0 Å². The summed E-state index contributed by atoms with van der Waals surface area (Å²) in [5.41, 5.74) is 2.35. The molecule has 2 aromatic rings. The summed E-state index contributed by atoms with van der Waals surface area (Å²) in [5, 5.41) is 3.29. The summed E-state index contributed by atoms with van der Waals surface area (Å²) in [5.74, 6) is 0.763. The largest absolute Gasteiger partial charge is 0.341 e. The van der Waals surface area contributed by atoms with Gasteiger partial charge in [0.15, 0.2) is 0 Å². The van der Waals surface area contributed by atoms with Gasteiger partial charge in [-0.05, 0) is 13.8 Å². The third-order valence-corrected chi connectivity index (χ3v) is 3.90. The third kappa shape index (κ3) is 2.69. The second-order valence-electron chi connectivity index (χ2n) is 5.48. The van der Waals surface area contributed by atoms with Crippen LogP contribution in [0.1, 0.15) is 23.1 Å². The lowest BCUT2D eigenvalue weighted by atomic mass is 10.2. The second-order valence-corrected chi connectivity index (χ2v) is 5.48. The van der Waals surface area contributed by atoms with E-state index in [0.717, 1.165) is 36.7 Å². The first-order chi connectivity index (χ1) is 10.2. The molecule has 2 N–H and O–H groups in total. The smallest absolute Gasteiger partial charge is 0.274 e. The van der Waals surface area contributed by atoms with E-state index in [4.69, 9.17) is 0 Å². The molecule has 21 heavy (non-hydrogen) atoms. The number of carbonyl (C=O) groups excluding carboxylic acids is 1. The standard InChI is InChI=1S/C16H20N4O/c1-11-10-17-8-9-20(11)16(21)14-12(2)18-15(19-14)13-6-4-3-5-7-13/h3-7,11,17H,8-10H2,1-2H3,(H,18,19)/t11-/m1/s1. The lowest BCUT2D eigenvalue weighted by molar-refractivity contribution is 0.0649. The van der Waals surface area contributed by atoms with Crippen LogP contribution >= 0.6 is 0 Å². The molecule has 5 nitrogen and oxygen atoms in total. The zero-order valence-corrected chi connectivity index (χ0v) is 12.4. The third-order valence-electron chi connectivity index (χ3n) is 3.90. The number of hydrogen-bond acceptors (Lipinski definition) is 3. The molecule has 1 fully saturated rings. The molecule has 0 radical (unpaired) electrons. The number of aromatic nitrogens is 2. The fraction of sp³-hybridized carbons (Fsp3) is 0.375. The number of carbonyl (C=O) groups is 1. The molecule has 5 heteroatoms. The number of benzene rings is 1. The summed E-state index contributed by atoms with van der Waals surface area (Å²) in [4.78, 5) is 22.3. The van der Waals surface area contributed by atoms with Gasteiger partial charge in [-0.15, -0.1) is 0 Å². The molecule has 0 aliphatic carbocycles. The number of amides is 1. The zero-order chi connectivity index (χ0) is 14.8. The normalized spacial score (nSPS) is 18.8. The van der Waals surface area contributed by atoms with Crippen LogP contribution in [0.15, 0.2) is 30.3 Å². The molecule has 1 atom stereocenters. The number of aromatic amines is 1. The van der Waals surface area contributed by atoms with Gasteiger partial charge in [-0.1, -0.05) is 30.3 Å². The van der Waals surface area contributed by atoms with E-state index in [1.165, 1.54) is 0 Å². The van der Waals surface area contributed by atoms with Crippen molar-refractivity contribution in [2.75, 3.05) is 19.6 Å². The van der Waals surface area contributed by atoms with E-state index in [2.05, 4.69) is 22.2 Å². The number of piperazine rings is 1. The minimum atomic E-state index is 0.0138. The number of nitrogens with zero attached hydrogens (tertiary/aromatic N) is 2. The monoisotopic (exact) mass is 284 g/mol. The number of aryl methyl sites for hydroxylation is 1. The van der Waals surface area contributed by atoms with Crippen LogP contribution < -0.4 is 5.32 Å². The summed E-state index contributed by atoms with van der Waals surface area (Å²) < 4.78 is 0. The Labute approximate surface area is 124 Å². The number of H-pyrrole nitrogens is 1. The van der Waals surface area contributed by atoms with Crippen molar-refractivity contribution < 1.29 is 4.79 Å². The van der Waals surface area contributed by atoms with E-state index in [1.54, 1.807) is 0 Å². The Morgan fingerprint density at radius 1 is 1.33 bits per heavy atom. The highest BCUT2D eigenvalue weighted by Gasteiger charge is 2.27. The van der Waals surface area contributed by atoms with Crippen molar-refractivity contribution in [3.8, 4) is 11.4 Å². The van der Waals surface area contributed by atoms with Crippen molar-refractivity contribution in [2.24, 2.45) is 0 Å². The molecular formula is C16H20N4O. The van der Waals surface area contributed by atoms with Crippen molar-refractivity contribution in [2.45, 2.75) is 19.9 Å². The Balaban J connectivity index is 1.89. The van der Waals surface area contributed by atoms with E-state index in [9.17, 15) is 4.79 Å². The van der Waals surface area contributed by atoms with Gasteiger partial charge >= 0.3 is 0 Å². The molecule has 1 aromatic carbocycles. The fourth-order valence-electron chi connectivity index (χ4n) is 2.68. The van der Waals surface area contributed by atoms with E-state index in [0.29, 0.717) is 5.69 Å². The van der Waals surface area contributed by atoms with Gasteiger partial charge in [-0.3, -0.25) is 4.79 Å². The molecule has 0 unspecified atom stereocenters. The first kappa shape index (κ1) is 13.8. The van der Waals surface area contributed by atoms with Gasteiger partial charge < -0.3 is 15.2 Å². The van der Waals surface area contributed by atoms with Crippen LogP contribution in [0.4, 0.5) is 0 Å². The SMILES string of the molecule is Cc1[nH]c(-c2ccccc2)nc1C(=O)N1CCNC[C@H]1C. The van der Waals surface area contributed by atoms with E-state index < -0.39 is 0 Å². The van der Waals surface area contributed by atoms with Crippen molar-refractivity contribution in [3.05, 3.63) is 41.7 Å². The Morgan fingerprint density at radius 3 is 2.81 bits per heavy atom. The van der Waals surface area contributed by atoms with E-state index in [-0.39, 0.29) is 11.9 Å². The Bertz CT molecular complexity index is 635. The molecule has 0 saturated carbocycles. The lowest BCUT2D eigenvalue weighted by Crippen LogP contribution is -2.52. The molecule has 1 saturated heterocycles. The van der Waals surface area contributed by atoms with Crippen LogP contribution in [-0.4, -0.2) is 46.5 Å². The van der Waals surface area contributed by atoms with Crippen LogP contribution in [0.25, 0.3) is 11.4 Å². The first-order valence-electron chi connectivity index (χ1n) is 7.30. The Hall–Kier alpha value is -2.14. The predicted molar refractivity (Wildman–Crippen MR) is 82.1 cm³/mol. The van der Waals surface area contributed by atoms with Crippen molar-refractivity contribution in [3.63, 3.8) is 0 Å². The van der Waals surface area contributed by atoms with Gasteiger partial charge in [-0.25, -0.2) is 4.98 Å². The maximum absolute atomic E-state index is 12.7. The summed E-state index contributed by atoms with van der Waals surface area (Å²) in [6, 6.07) is 10.1. The van der Waals surface area contributed by atoms with Gasteiger partial charge in [0.05, 0.1) is 0 Å². The molecule has 110 valence electrons. The molecule has 1 amide bonds. The first-order valence-corrected chi connectivity index (χ1v) is 7.30. The topological polar surface area (TPSA) is 61.0 Å². The summed E-state index contributed by atoms with van der Waals surface area (Å²) in [6.07, 6.45) is 0.